The second-order valence-corrected chi connectivity index (χ2v) is 5.47. The number of amides is 1. The molecule has 4 nitrogen and oxygen atoms in total. The highest BCUT2D eigenvalue weighted by molar-refractivity contribution is 5.96. The Morgan fingerprint density at radius 3 is 2.79 bits per heavy atom. The van der Waals surface area contributed by atoms with Crippen molar-refractivity contribution in [1.82, 2.24) is 5.32 Å². The Morgan fingerprint density at radius 1 is 1.37 bits per heavy atom. The lowest BCUT2D eigenvalue weighted by molar-refractivity contribution is 0.0902. The van der Waals surface area contributed by atoms with Gasteiger partial charge in [-0.3, -0.25) is 4.79 Å². The van der Waals surface area contributed by atoms with E-state index < -0.39 is 0 Å². The largest absolute Gasteiger partial charge is 0.451 e. The van der Waals surface area contributed by atoms with Gasteiger partial charge < -0.3 is 14.8 Å². The third kappa shape index (κ3) is 3.35. The SMILES string of the molecule is CC(C)(CCO)CNC(=O)c1cc2ccccc2o1. The average molecular weight is 261 g/mol. The lowest BCUT2D eigenvalue weighted by atomic mass is 9.90. The van der Waals surface area contributed by atoms with Crippen molar-refractivity contribution in [3.05, 3.63) is 36.1 Å². The van der Waals surface area contributed by atoms with Gasteiger partial charge in [-0.1, -0.05) is 32.0 Å². The minimum Gasteiger partial charge on any atom is -0.451 e. The van der Waals surface area contributed by atoms with E-state index in [9.17, 15) is 4.79 Å². The Hall–Kier alpha value is -1.81. The van der Waals surface area contributed by atoms with Gasteiger partial charge in [-0.2, -0.15) is 0 Å². The van der Waals surface area contributed by atoms with E-state index in [1.165, 1.54) is 0 Å². The first-order chi connectivity index (χ1) is 9.02. The maximum atomic E-state index is 12.0. The lowest BCUT2D eigenvalue weighted by Crippen LogP contribution is -2.34. The van der Waals surface area contributed by atoms with Crippen molar-refractivity contribution in [3.8, 4) is 0 Å². The summed E-state index contributed by atoms with van der Waals surface area (Å²) in [4.78, 5) is 12.0. The molecule has 2 aromatic rings. The molecule has 0 atom stereocenters. The van der Waals surface area contributed by atoms with E-state index >= 15 is 0 Å². The second kappa shape index (κ2) is 5.45. The summed E-state index contributed by atoms with van der Waals surface area (Å²) in [6.07, 6.45) is 0.646. The maximum absolute atomic E-state index is 12.0. The lowest BCUT2D eigenvalue weighted by Gasteiger charge is -2.23. The smallest absolute Gasteiger partial charge is 0.287 e. The van der Waals surface area contributed by atoms with Crippen molar-refractivity contribution in [1.29, 1.82) is 0 Å². The first-order valence-corrected chi connectivity index (χ1v) is 6.39. The number of rotatable bonds is 5. The molecule has 0 aliphatic carbocycles. The van der Waals surface area contributed by atoms with Crippen LogP contribution in [0.1, 0.15) is 30.8 Å². The molecule has 2 N–H and O–H groups in total. The summed E-state index contributed by atoms with van der Waals surface area (Å²) in [5, 5.41) is 12.7. The number of hydrogen-bond acceptors (Lipinski definition) is 3. The summed E-state index contributed by atoms with van der Waals surface area (Å²) >= 11 is 0. The fraction of sp³-hybridized carbons (Fsp3) is 0.400. The number of aliphatic hydroxyl groups is 1. The molecule has 0 spiro atoms. The fourth-order valence-electron chi connectivity index (χ4n) is 1.89. The van der Waals surface area contributed by atoms with Crippen LogP contribution in [0.3, 0.4) is 0 Å². The molecule has 4 heteroatoms. The third-order valence-electron chi connectivity index (χ3n) is 3.17. The Balaban J connectivity index is 2.04. The number of hydrogen-bond donors (Lipinski definition) is 2. The van der Waals surface area contributed by atoms with Gasteiger partial charge in [0.25, 0.3) is 5.91 Å². The molecule has 0 fully saturated rings. The van der Waals surface area contributed by atoms with Gasteiger partial charge in [-0.25, -0.2) is 0 Å². The molecule has 0 saturated carbocycles. The van der Waals surface area contributed by atoms with Gasteiger partial charge in [0.2, 0.25) is 0 Å². The van der Waals surface area contributed by atoms with Crippen molar-refractivity contribution in [2.45, 2.75) is 20.3 Å². The van der Waals surface area contributed by atoms with Crippen molar-refractivity contribution in [3.63, 3.8) is 0 Å². The maximum Gasteiger partial charge on any atom is 0.287 e. The molecule has 0 saturated heterocycles. The molecule has 102 valence electrons. The van der Waals surface area contributed by atoms with Gasteiger partial charge in [0.05, 0.1) is 0 Å². The normalized spacial score (nSPS) is 11.7. The highest BCUT2D eigenvalue weighted by Gasteiger charge is 2.20. The molecule has 0 aliphatic heterocycles. The van der Waals surface area contributed by atoms with E-state index in [1.54, 1.807) is 6.07 Å². The van der Waals surface area contributed by atoms with Gasteiger partial charge in [0.15, 0.2) is 5.76 Å². The van der Waals surface area contributed by atoms with Crippen molar-refractivity contribution in [2.75, 3.05) is 13.2 Å². The molecule has 1 heterocycles. The van der Waals surface area contributed by atoms with Crippen LogP contribution in [0, 0.1) is 5.41 Å². The van der Waals surface area contributed by atoms with Crippen molar-refractivity contribution < 1.29 is 14.3 Å². The molecule has 1 amide bonds. The summed E-state index contributed by atoms with van der Waals surface area (Å²) in [6, 6.07) is 9.26. The topological polar surface area (TPSA) is 62.5 Å². The van der Waals surface area contributed by atoms with Gasteiger partial charge >= 0.3 is 0 Å². The van der Waals surface area contributed by atoms with Crippen LogP contribution in [0.4, 0.5) is 0 Å². The number of nitrogens with one attached hydrogen (secondary N) is 1. The van der Waals surface area contributed by atoms with Crippen molar-refractivity contribution >= 4 is 16.9 Å². The molecule has 1 aromatic carbocycles. The quantitative estimate of drug-likeness (QED) is 0.869. The van der Waals surface area contributed by atoms with Crippen LogP contribution in [-0.2, 0) is 0 Å². The molecule has 0 radical (unpaired) electrons. The summed E-state index contributed by atoms with van der Waals surface area (Å²) in [6.45, 7) is 4.63. The van der Waals surface area contributed by atoms with E-state index in [1.807, 2.05) is 38.1 Å². The molecule has 1 aromatic heterocycles. The zero-order valence-electron chi connectivity index (χ0n) is 11.3. The predicted octanol–water partition coefficient (Wildman–Crippen LogP) is 2.57. The zero-order chi connectivity index (χ0) is 13.9. The first kappa shape index (κ1) is 13.6. The average Bonchev–Trinajstić information content (AvgIpc) is 2.79. The first-order valence-electron chi connectivity index (χ1n) is 6.39. The Labute approximate surface area is 112 Å². The van der Waals surface area contributed by atoms with Crippen LogP contribution >= 0.6 is 0 Å². The van der Waals surface area contributed by atoms with E-state index in [4.69, 9.17) is 9.52 Å². The standard InChI is InChI=1S/C15H19NO3/c1-15(2,7-8-17)10-16-14(18)13-9-11-5-3-4-6-12(11)19-13/h3-6,9,17H,7-8,10H2,1-2H3,(H,16,18). The Morgan fingerprint density at radius 2 is 2.11 bits per heavy atom. The molecular weight excluding hydrogens is 242 g/mol. The number of aliphatic hydroxyl groups excluding tert-OH is 1. The van der Waals surface area contributed by atoms with Crippen LogP contribution in [0.15, 0.2) is 34.7 Å². The van der Waals surface area contributed by atoms with Crippen molar-refractivity contribution in [2.24, 2.45) is 5.41 Å². The minimum absolute atomic E-state index is 0.119. The second-order valence-electron chi connectivity index (χ2n) is 5.47. The fourth-order valence-corrected chi connectivity index (χ4v) is 1.89. The number of fused-ring (bicyclic) bond motifs is 1. The molecule has 2 rings (SSSR count). The minimum atomic E-state index is -0.220. The van der Waals surface area contributed by atoms with E-state index in [2.05, 4.69) is 5.32 Å². The molecule has 0 bridgehead atoms. The van der Waals surface area contributed by atoms with E-state index in [0.717, 1.165) is 5.39 Å². The van der Waals surface area contributed by atoms with Crippen LogP contribution < -0.4 is 5.32 Å². The summed E-state index contributed by atoms with van der Waals surface area (Å²) in [5.41, 5.74) is 0.582. The number of carbonyl (C=O) groups is 1. The number of para-hydroxylation sites is 1. The summed E-state index contributed by atoms with van der Waals surface area (Å²) in [7, 11) is 0. The highest BCUT2D eigenvalue weighted by Crippen LogP contribution is 2.20. The van der Waals surface area contributed by atoms with Crippen LogP contribution in [0.25, 0.3) is 11.0 Å². The Kier molecular flexibility index (Phi) is 3.90. The van der Waals surface area contributed by atoms with E-state index in [0.29, 0.717) is 24.3 Å². The predicted molar refractivity (Wildman–Crippen MR) is 74.0 cm³/mol. The summed E-state index contributed by atoms with van der Waals surface area (Å²) in [5.74, 6) is 0.100. The van der Waals surface area contributed by atoms with E-state index in [-0.39, 0.29) is 17.9 Å². The molecule has 0 aliphatic rings. The van der Waals surface area contributed by atoms with Crippen LogP contribution in [-0.4, -0.2) is 24.2 Å². The molecule has 0 unspecified atom stereocenters. The monoisotopic (exact) mass is 261 g/mol. The van der Waals surface area contributed by atoms with Gasteiger partial charge in [0, 0.05) is 18.5 Å². The zero-order valence-corrected chi connectivity index (χ0v) is 11.3. The molecule has 19 heavy (non-hydrogen) atoms. The number of benzene rings is 1. The van der Waals surface area contributed by atoms with Gasteiger partial charge in [0.1, 0.15) is 5.58 Å². The Bertz CT molecular complexity index is 539. The van der Waals surface area contributed by atoms with Gasteiger partial charge in [-0.05, 0) is 24.0 Å². The van der Waals surface area contributed by atoms with Gasteiger partial charge in [-0.15, -0.1) is 0 Å². The van der Waals surface area contributed by atoms with Crippen LogP contribution in [0.5, 0.6) is 0 Å². The number of furan rings is 1. The number of carbonyl (C=O) groups excluding carboxylic acids is 1. The summed E-state index contributed by atoms with van der Waals surface area (Å²) < 4.78 is 5.49. The third-order valence-corrected chi connectivity index (χ3v) is 3.17. The highest BCUT2D eigenvalue weighted by atomic mass is 16.3. The molecular formula is C15H19NO3. The van der Waals surface area contributed by atoms with Crippen LogP contribution in [0.2, 0.25) is 0 Å².